The van der Waals surface area contributed by atoms with Crippen LogP contribution in [0.25, 0.3) is 56.4 Å². The second-order valence-corrected chi connectivity index (χ2v) is 8.08. The summed E-state index contributed by atoms with van der Waals surface area (Å²) in [6.45, 7) is 0. The molecule has 3 aromatic carbocycles. The van der Waals surface area contributed by atoms with E-state index in [2.05, 4.69) is 21.1 Å². The summed E-state index contributed by atoms with van der Waals surface area (Å²) >= 11 is 0. The van der Waals surface area contributed by atoms with Crippen LogP contribution in [0.2, 0.25) is 0 Å². The third kappa shape index (κ3) is 2.82. The molecule has 160 valence electrons. The van der Waals surface area contributed by atoms with Crippen molar-refractivity contribution in [2.75, 3.05) is 0 Å². The quantitative estimate of drug-likeness (QED) is 0.342. The van der Waals surface area contributed by atoms with Crippen molar-refractivity contribution in [3.05, 3.63) is 109 Å². The number of hydrogen-bond donors (Lipinski definition) is 0. The van der Waals surface area contributed by atoms with Gasteiger partial charge in [-0.1, -0.05) is 84.9 Å². The highest BCUT2D eigenvalue weighted by molar-refractivity contribution is 6.07. The zero-order valence-corrected chi connectivity index (χ0v) is 18.1. The van der Waals surface area contributed by atoms with Gasteiger partial charge in [-0.15, -0.1) is 0 Å². The molecule has 0 aliphatic carbocycles. The Bertz CT molecular complexity index is 1740. The van der Waals surface area contributed by atoms with Gasteiger partial charge in [0.2, 0.25) is 5.95 Å². The number of para-hydroxylation sites is 1. The molecule has 7 rings (SSSR count). The SMILES string of the molecule is c1ccc(-c2nc(-c3ccccc3)nc(-n3c4ccccc4c4nc5ccccn5c43)n2)cc1. The Balaban J connectivity index is 1.61. The summed E-state index contributed by atoms with van der Waals surface area (Å²) in [6.07, 6.45) is 2.03. The summed E-state index contributed by atoms with van der Waals surface area (Å²) in [5.41, 5.74) is 5.62. The number of pyridine rings is 1. The number of fused-ring (bicyclic) bond motifs is 5. The fourth-order valence-electron chi connectivity index (χ4n) is 4.46. The highest BCUT2D eigenvalue weighted by Gasteiger charge is 2.21. The molecule has 6 nitrogen and oxygen atoms in total. The van der Waals surface area contributed by atoms with Crippen LogP contribution in [0.1, 0.15) is 0 Å². The topological polar surface area (TPSA) is 60.9 Å². The maximum absolute atomic E-state index is 4.96. The molecule has 0 atom stereocenters. The molecule has 0 amide bonds. The number of aromatic nitrogens is 6. The fourth-order valence-corrected chi connectivity index (χ4v) is 4.46. The van der Waals surface area contributed by atoms with Gasteiger partial charge in [0, 0.05) is 22.7 Å². The molecule has 34 heavy (non-hydrogen) atoms. The number of benzene rings is 3. The first-order valence-corrected chi connectivity index (χ1v) is 11.1. The first-order valence-electron chi connectivity index (χ1n) is 11.1. The van der Waals surface area contributed by atoms with Crippen molar-refractivity contribution < 1.29 is 0 Å². The van der Waals surface area contributed by atoms with Crippen molar-refractivity contribution in [3.8, 4) is 28.7 Å². The van der Waals surface area contributed by atoms with Crippen molar-refractivity contribution >= 4 is 27.7 Å². The second kappa shape index (κ2) is 7.35. The van der Waals surface area contributed by atoms with Gasteiger partial charge in [-0.2, -0.15) is 9.97 Å². The van der Waals surface area contributed by atoms with Crippen LogP contribution in [0.15, 0.2) is 109 Å². The van der Waals surface area contributed by atoms with Gasteiger partial charge < -0.3 is 0 Å². The zero-order valence-electron chi connectivity index (χ0n) is 18.1. The standard InChI is InChI=1S/C28H18N6/c1-3-11-19(12-4-1)25-30-26(20-13-5-2-6-14-20)32-28(31-25)34-22-16-8-7-15-21(22)24-27(34)33-18-10-9-17-23(33)29-24/h1-18H. The maximum Gasteiger partial charge on any atom is 0.240 e. The number of imidazole rings is 1. The summed E-state index contributed by atoms with van der Waals surface area (Å²) in [4.78, 5) is 19.7. The summed E-state index contributed by atoms with van der Waals surface area (Å²) in [5.74, 6) is 1.82. The third-order valence-electron chi connectivity index (χ3n) is 6.00. The highest BCUT2D eigenvalue weighted by atomic mass is 15.2. The lowest BCUT2D eigenvalue weighted by molar-refractivity contribution is 0.938. The molecule has 0 radical (unpaired) electrons. The molecular weight excluding hydrogens is 420 g/mol. The molecule has 0 saturated heterocycles. The van der Waals surface area contributed by atoms with E-state index in [0.29, 0.717) is 17.6 Å². The maximum atomic E-state index is 4.96. The lowest BCUT2D eigenvalue weighted by atomic mass is 10.2. The Hall–Kier alpha value is -4.84. The van der Waals surface area contributed by atoms with Gasteiger partial charge in [0.25, 0.3) is 0 Å². The Morgan fingerprint density at radius 3 is 1.85 bits per heavy atom. The molecule has 4 aromatic heterocycles. The molecule has 0 N–H and O–H groups in total. The number of nitrogens with zero attached hydrogens (tertiary/aromatic N) is 6. The second-order valence-electron chi connectivity index (χ2n) is 8.08. The highest BCUT2D eigenvalue weighted by Crippen LogP contribution is 2.32. The van der Waals surface area contributed by atoms with Crippen molar-refractivity contribution in [1.82, 2.24) is 28.9 Å². The molecular formula is C28H18N6. The van der Waals surface area contributed by atoms with Crippen LogP contribution in [0, 0.1) is 0 Å². The Morgan fingerprint density at radius 1 is 0.529 bits per heavy atom. The van der Waals surface area contributed by atoms with Crippen LogP contribution in [0.3, 0.4) is 0 Å². The fraction of sp³-hybridized carbons (Fsp3) is 0. The molecule has 0 fully saturated rings. The van der Waals surface area contributed by atoms with Gasteiger partial charge in [0.15, 0.2) is 17.3 Å². The molecule has 0 bridgehead atoms. The Morgan fingerprint density at radius 2 is 1.15 bits per heavy atom. The lowest BCUT2D eigenvalue weighted by Gasteiger charge is -2.10. The van der Waals surface area contributed by atoms with Crippen molar-refractivity contribution in [2.24, 2.45) is 0 Å². The summed E-state index contributed by atoms with van der Waals surface area (Å²) in [5, 5.41) is 1.06. The van der Waals surface area contributed by atoms with Gasteiger partial charge in [-0.25, -0.2) is 9.97 Å². The largest absolute Gasteiger partial charge is 0.285 e. The monoisotopic (exact) mass is 438 g/mol. The summed E-state index contributed by atoms with van der Waals surface area (Å²) in [6, 6.07) is 34.3. The van der Waals surface area contributed by atoms with E-state index in [1.807, 2.05) is 97.2 Å². The average Bonchev–Trinajstić information content (AvgIpc) is 3.44. The van der Waals surface area contributed by atoms with Gasteiger partial charge in [-0.3, -0.25) is 8.97 Å². The van der Waals surface area contributed by atoms with E-state index >= 15 is 0 Å². The third-order valence-corrected chi connectivity index (χ3v) is 6.00. The average molecular weight is 438 g/mol. The van der Waals surface area contributed by atoms with Crippen molar-refractivity contribution in [1.29, 1.82) is 0 Å². The van der Waals surface area contributed by atoms with E-state index in [1.54, 1.807) is 0 Å². The molecule has 4 heterocycles. The van der Waals surface area contributed by atoms with Crippen LogP contribution in [0.5, 0.6) is 0 Å². The molecule has 0 spiro atoms. The van der Waals surface area contributed by atoms with Crippen LogP contribution in [-0.2, 0) is 0 Å². The lowest BCUT2D eigenvalue weighted by Crippen LogP contribution is -2.07. The minimum atomic E-state index is 0.560. The Kier molecular flexibility index (Phi) is 4.04. The first-order chi connectivity index (χ1) is 16.9. The van der Waals surface area contributed by atoms with Gasteiger partial charge in [0.05, 0.1) is 5.52 Å². The smallest absolute Gasteiger partial charge is 0.240 e. The van der Waals surface area contributed by atoms with E-state index in [1.165, 1.54) is 0 Å². The van der Waals surface area contributed by atoms with E-state index in [9.17, 15) is 0 Å². The predicted molar refractivity (Wildman–Crippen MR) is 134 cm³/mol. The molecule has 0 aliphatic heterocycles. The van der Waals surface area contributed by atoms with Crippen molar-refractivity contribution in [3.63, 3.8) is 0 Å². The van der Waals surface area contributed by atoms with E-state index < -0.39 is 0 Å². The Labute approximate surface area is 194 Å². The van der Waals surface area contributed by atoms with Crippen LogP contribution in [-0.4, -0.2) is 28.9 Å². The number of rotatable bonds is 3. The van der Waals surface area contributed by atoms with Gasteiger partial charge >= 0.3 is 0 Å². The first kappa shape index (κ1) is 18.7. The molecule has 6 heteroatoms. The predicted octanol–water partition coefficient (Wildman–Crippen LogP) is 5.95. The summed E-state index contributed by atoms with van der Waals surface area (Å²) in [7, 11) is 0. The minimum absolute atomic E-state index is 0.560. The van der Waals surface area contributed by atoms with Crippen LogP contribution >= 0.6 is 0 Å². The molecule has 0 aliphatic rings. The molecule has 7 aromatic rings. The van der Waals surface area contributed by atoms with Crippen molar-refractivity contribution in [2.45, 2.75) is 0 Å². The minimum Gasteiger partial charge on any atom is -0.285 e. The van der Waals surface area contributed by atoms with E-state index in [-0.39, 0.29) is 0 Å². The molecule has 0 saturated carbocycles. The van der Waals surface area contributed by atoms with Gasteiger partial charge in [-0.05, 0) is 18.2 Å². The van der Waals surface area contributed by atoms with Crippen LogP contribution < -0.4 is 0 Å². The van der Waals surface area contributed by atoms with E-state index in [4.69, 9.17) is 19.9 Å². The van der Waals surface area contributed by atoms with E-state index in [0.717, 1.165) is 38.8 Å². The van der Waals surface area contributed by atoms with Gasteiger partial charge in [0.1, 0.15) is 11.2 Å². The molecule has 0 unspecified atom stereocenters. The normalized spacial score (nSPS) is 11.5. The van der Waals surface area contributed by atoms with Crippen LogP contribution in [0.4, 0.5) is 0 Å². The summed E-state index contributed by atoms with van der Waals surface area (Å²) < 4.78 is 4.18. The number of hydrogen-bond acceptors (Lipinski definition) is 4. The zero-order chi connectivity index (χ0) is 22.5.